The highest BCUT2D eigenvalue weighted by Gasteiger charge is 2.22. The third-order valence-corrected chi connectivity index (χ3v) is 6.21. The number of thioether (sulfide) groups is 1. The van der Waals surface area contributed by atoms with Crippen molar-refractivity contribution in [1.82, 2.24) is 19.7 Å². The average Bonchev–Trinajstić information content (AvgIpc) is 3.23. The van der Waals surface area contributed by atoms with Crippen LogP contribution in [-0.2, 0) is 11.2 Å². The lowest BCUT2D eigenvalue weighted by atomic mass is 10.1. The van der Waals surface area contributed by atoms with Crippen LogP contribution in [-0.4, -0.2) is 37.5 Å². The molecule has 7 nitrogen and oxygen atoms in total. The molecule has 1 atom stereocenters. The van der Waals surface area contributed by atoms with Gasteiger partial charge < -0.3 is 10.1 Å². The lowest BCUT2D eigenvalue weighted by molar-refractivity contribution is -0.115. The van der Waals surface area contributed by atoms with Crippen molar-refractivity contribution in [3.63, 3.8) is 0 Å². The zero-order valence-corrected chi connectivity index (χ0v) is 20.4. The summed E-state index contributed by atoms with van der Waals surface area (Å²) in [4.78, 5) is 16.9. The van der Waals surface area contributed by atoms with E-state index in [1.54, 1.807) is 12.1 Å². The van der Waals surface area contributed by atoms with Gasteiger partial charge in [0.1, 0.15) is 17.4 Å². The van der Waals surface area contributed by atoms with Crippen molar-refractivity contribution in [2.24, 2.45) is 0 Å². The van der Waals surface area contributed by atoms with Gasteiger partial charge in [-0.1, -0.05) is 53.7 Å². The highest BCUT2D eigenvalue weighted by Crippen LogP contribution is 2.28. The second kappa shape index (κ2) is 11.2. The number of ether oxygens (including phenoxy) is 1. The summed E-state index contributed by atoms with van der Waals surface area (Å²) in [6.07, 6.45) is 2.10. The minimum Gasteiger partial charge on any atom is -0.494 e. The van der Waals surface area contributed by atoms with Gasteiger partial charge in [0.25, 0.3) is 0 Å². The largest absolute Gasteiger partial charge is 0.494 e. The summed E-state index contributed by atoms with van der Waals surface area (Å²) in [5.74, 6) is 1.83. The van der Waals surface area contributed by atoms with Gasteiger partial charge in [-0.15, -0.1) is 10.2 Å². The van der Waals surface area contributed by atoms with Crippen molar-refractivity contribution >= 4 is 35.1 Å². The number of halogens is 1. The van der Waals surface area contributed by atoms with Crippen molar-refractivity contribution in [2.45, 2.75) is 30.7 Å². The van der Waals surface area contributed by atoms with E-state index in [2.05, 4.69) is 32.6 Å². The second-order valence-corrected chi connectivity index (χ2v) is 9.18. The van der Waals surface area contributed by atoms with E-state index >= 15 is 0 Å². The molecule has 34 heavy (non-hydrogen) atoms. The van der Waals surface area contributed by atoms with Crippen molar-refractivity contribution in [1.29, 1.82) is 0 Å². The highest BCUT2D eigenvalue weighted by atomic mass is 35.5. The molecule has 2 aromatic heterocycles. The first-order valence-electron chi connectivity index (χ1n) is 10.8. The number of rotatable bonds is 9. The predicted molar refractivity (Wildman–Crippen MR) is 135 cm³/mol. The minimum atomic E-state index is -0.437. The molecule has 174 valence electrons. The number of hydrogen-bond donors (Lipinski definition) is 1. The van der Waals surface area contributed by atoms with Gasteiger partial charge in [0.15, 0.2) is 5.16 Å². The Bertz CT molecular complexity index is 1230. The first kappa shape index (κ1) is 23.8. The van der Waals surface area contributed by atoms with Crippen LogP contribution in [0.2, 0.25) is 5.02 Å². The number of nitrogens with one attached hydrogen (secondary N) is 1. The standard InChI is InChI=1S/C25H24ClN5O2S/c1-3-33-21-12-10-20(11-13-21)31-23(15-18-7-5-4-6-8-18)29-30-25(31)34-17(2)24(32)28-22-14-9-19(26)16-27-22/h4-14,16-17H,3,15H2,1-2H3,(H,27,28,32). The highest BCUT2D eigenvalue weighted by molar-refractivity contribution is 8.00. The zero-order valence-electron chi connectivity index (χ0n) is 18.8. The van der Waals surface area contributed by atoms with Crippen LogP contribution >= 0.6 is 23.4 Å². The maximum atomic E-state index is 12.8. The molecule has 0 spiro atoms. The van der Waals surface area contributed by atoms with Crippen LogP contribution in [0.5, 0.6) is 5.75 Å². The molecule has 1 N–H and O–H groups in total. The molecule has 0 fully saturated rings. The number of aromatic nitrogens is 4. The summed E-state index contributed by atoms with van der Waals surface area (Å²) >= 11 is 7.21. The van der Waals surface area contributed by atoms with E-state index in [0.717, 1.165) is 22.8 Å². The number of hydrogen-bond acceptors (Lipinski definition) is 6. The van der Waals surface area contributed by atoms with Crippen LogP contribution in [0, 0.1) is 0 Å². The molecule has 0 saturated heterocycles. The number of carbonyl (C=O) groups excluding carboxylic acids is 1. The van der Waals surface area contributed by atoms with Crippen molar-refractivity contribution in [3.8, 4) is 11.4 Å². The van der Waals surface area contributed by atoms with Gasteiger partial charge in [0, 0.05) is 18.3 Å². The van der Waals surface area contributed by atoms with Crippen molar-refractivity contribution < 1.29 is 9.53 Å². The third-order valence-electron chi connectivity index (χ3n) is 4.94. The Balaban J connectivity index is 1.59. The van der Waals surface area contributed by atoms with Crippen LogP contribution in [0.15, 0.2) is 78.1 Å². The first-order chi connectivity index (χ1) is 16.5. The van der Waals surface area contributed by atoms with Gasteiger partial charge >= 0.3 is 0 Å². The lowest BCUT2D eigenvalue weighted by Gasteiger charge is -2.14. The Morgan fingerprint density at radius 1 is 1.09 bits per heavy atom. The number of nitrogens with zero attached hydrogens (tertiary/aromatic N) is 4. The molecule has 0 aliphatic heterocycles. The van der Waals surface area contributed by atoms with Gasteiger partial charge in [0.2, 0.25) is 5.91 Å². The summed E-state index contributed by atoms with van der Waals surface area (Å²) in [5, 5.41) is 12.4. The molecular formula is C25H24ClN5O2S. The summed E-state index contributed by atoms with van der Waals surface area (Å²) in [5.41, 5.74) is 2.02. The lowest BCUT2D eigenvalue weighted by Crippen LogP contribution is -2.23. The maximum absolute atomic E-state index is 12.8. The van der Waals surface area contributed by atoms with Crippen molar-refractivity contribution in [2.75, 3.05) is 11.9 Å². The Morgan fingerprint density at radius 3 is 2.53 bits per heavy atom. The van der Waals surface area contributed by atoms with E-state index in [1.807, 2.05) is 60.9 Å². The summed E-state index contributed by atoms with van der Waals surface area (Å²) in [6, 6.07) is 21.2. The number of anilines is 1. The molecule has 2 heterocycles. The Kier molecular flexibility index (Phi) is 7.82. The van der Waals surface area contributed by atoms with E-state index in [0.29, 0.717) is 29.0 Å². The third kappa shape index (κ3) is 5.95. The molecule has 2 aromatic carbocycles. The van der Waals surface area contributed by atoms with Crippen LogP contribution in [0.3, 0.4) is 0 Å². The van der Waals surface area contributed by atoms with Crippen LogP contribution < -0.4 is 10.1 Å². The number of pyridine rings is 1. The summed E-state index contributed by atoms with van der Waals surface area (Å²) in [6.45, 7) is 4.37. The summed E-state index contributed by atoms with van der Waals surface area (Å²) in [7, 11) is 0. The summed E-state index contributed by atoms with van der Waals surface area (Å²) < 4.78 is 7.57. The molecule has 0 aliphatic carbocycles. The molecule has 1 amide bonds. The van der Waals surface area contributed by atoms with E-state index in [4.69, 9.17) is 16.3 Å². The van der Waals surface area contributed by atoms with E-state index in [9.17, 15) is 4.79 Å². The molecule has 0 aliphatic rings. The van der Waals surface area contributed by atoms with Gasteiger partial charge in [-0.3, -0.25) is 9.36 Å². The van der Waals surface area contributed by atoms with Gasteiger partial charge in [-0.2, -0.15) is 0 Å². The molecule has 1 unspecified atom stereocenters. The van der Waals surface area contributed by atoms with E-state index < -0.39 is 5.25 Å². The Labute approximate surface area is 207 Å². The van der Waals surface area contributed by atoms with Gasteiger partial charge in [-0.25, -0.2) is 4.98 Å². The Hall–Kier alpha value is -3.36. The Morgan fingerprint density at radius 2 is 1.85 bits per heavy atom. The molecule has 4 rings (SSSR count). The van der Waals surface area contributed by atoms with E-state index in [-0.39, 0.29) is 5.91 Å². The number of amides is 1. The topological polar surface area (TPSA) is 81.9 Å². The number of carbonyl (C=O) groups is 1. The molecule has 0 saturated carbocycles. The first-order valence-corrected chi connectivity index (χ1v) is 12.1. The molecule has 4 aromatic rings. The fraction of sp³-hybridized carbons (Fsp3) is 0.200. The minimum absolute atomic E-state index is 0.189. The fourth-order valence-corrected chi connectivity index (χ4v) is 4.27. The normalized spacial score (nSPS) is 11.7. The number of benzene rings is 2. The zero-order chi connectivity index (χ0) is 23.9. The van der Waals surface area contributed by atoms with Crippen LogP contribution in [0.25, 0.3) is 5.69 Å². The molecular weight excluding hydrogens is 470 g/mol. The smallest absolute Gasteiger partial charge is 0.238 e. The van der Waals surface area contributed by atoms with Crippen LogP contribution in [0.1, 0.15) is 25.2 Å². The SMILES string of the molecule is CCOc1ccc(-n2c(Cc3ccccc3)nnc2SC(C)C(=O)Nc2ccc(Cl)cn2)cc1. The fourth-order valence-electron chi connectivity index (χ4n) is 3.28. The van der Waals surface area contributed by atoms with Crippen LogP contribution in [0.4, 0.5) is 5.82 Å². The molecule has 0 bridgehead atoms. The maximum Gasteiger partial charge on any atom is 0.238 e. The van der Waals surface area contributed by atoms with Gasteiger partial charge in [0.05, 0.1) is 16.9 Å². The van der Waals surface area contributed by atoms with Crippen molar-refractivity contribution in [3.05, 3.63) is 89.3 Å². The van der Waals surface area contributed by atoms with Gasteiger partial charge in [-0.05, 0) is 55.8 Å². The molecule has 0 radical (unpaired) electrons. The van der Waals surface area contributed by atoms with E-state index in [1.165, 1.54) is 18.0 Å². The predicted octanol–water partition coefficient (Wildman–Crippen LogP) is 5.42. The molecule has 9 heteroatoms. The quantitative estimate of drug-likeness (QED) is 0.313. The second-order valence-electron chi connectivity index (χ2n) is 7.43. The average molecular weight is 494 g/mol. The monoisotopic (exact) mass is 493 g/mol.